The summed E-state index contributed by atoms with van der Waals surface area (Å²) in [5, 5.41) is 12.0. The molecule has 1 saturated heterocycles. The van der Waals surface area contributed by atoms with Gasteiger partial charge in [-0.1, -0.05) is 12.1 Å². The van der Waals surface area contributed by atoms with Crippen LogP contribution in [0.15, 0.2) is 24.3 Å². The molecule has 1 aromatic rings. The molecule has 1 amide bonds. The van der Waals surface area contributed by atoms with Crippen molar-refractivity contribution in [1.29, 1.82) is 0 Å². The maximum Gasteiger partial charge on any atom is 0.249 e. The number of rotatable bonds is 3. The SMILES string of the molecule is CC1CCC(C(=O)NCc2ccc(O)cc2)O1. The minimum atomic E-state index is -0.304. The van der Waals surface area contributed by atoms with Crippen molar-refractivity contribution in [2.24, 2.45) is 0 Å². The summed E-state index contributed by atoms with van der Waals surface area (Å²) in [6.07, 6.45) is 1.61. The molecule has 0 aromatic heterocycles. The molecule has 0 bridgehead atoms. The largest absolute Gasteiger partial charge is 0.508 e. The molecule has 2 atom stereocenters. The molecule has 2 N–H and O–H groups in total. The van der Waals surface area contributed by atoms with E-state index in [1.54, 1.807) is 24.3 Å². The van der Waals surface area contributed by atoms with E-state index in [1.165, 1.54) is 0 Å². The minimum absolute atomic E-state index is 0.0533. The summed E-state index contributed by atoms with van der Waals surface area (Å²) in [7, 11) is 0. The number of benzene rings is 1. The fourth-order valence-corrected chi connectivity index (χ4v) is 1.91. The Morgan fingerprint density at radius 2 is 2.12 bits per heavy atom. The maximum atomic E-state index is 11.7. The second-order valence-electron chi connectivity index (χ2n) is 4.40. The smallest absolute Gasteiger partial charge is 0.249 e. The molecule has 0 aliphatic carbocycles. The Morgan fingerprint density at radius 1 is 1.41 bits per heavy atom. The predicted octanol–water partition coefficient (Wildman–Crippen LogP) is 1.58. The Labute approximate surface area is 101 Å². The van der Waals surface area contributed by atoms with Crippen LogP contribution in [-0.2, 0) is 16.1 Å². The van der Waals surface area contributed by atoms with Crippen LogP contribution in [0, 0.1) is 0 Å². The van der Waals surface area contributed by atoms with E-state index in [0.717, 1.165) is 18.4 Å². The highest BCUT2D eigenvalue weighted by atomic mass is 16.5. The molecule has 17 heavy (non-hydrogen) atoms. The monoisotopic (exact) mass is 235 g/mol. The topological polar surface area (TPSA) is 58.6 Å². The average Bonchev–Trinajstić information content (AvgIpc) is 2.75. The van der Waals surface area contributed by atoms with Crippen LogP contribution in [0.2, 0.25) is 0 Å². The standard InChI is InChI=1S/C13H17NO3/c1-9-2-7-12(17-9)13(16)14-8-10-3-5-11(15)6-4-10/h3-6,9,12,15H,2,7-8H2,1H3,(H,14,16). The van der Waals surface area contributed by atoms with Crippen LogP contribution in [0.4, 0.5) is 0 Å². The number of phenols is 1. The van der Waals surface area contributed by atoms with Crippen molar-refractivity contribution >= 4 is 5.91 Å². The van der Waals surface area contributed by atoms with Gasteiger partial charge in [-0.3, -0.25) is 4.79 Å². The molecule has 1 fully saturated rings. The highest BCUT2D eigenvalue weighted by molar-refractivity contribution is 5.80. The minimum Gasteiger partial charge on any atom is -0.508 e. The Bertz CT molecular complexity index is 388. The van der Waals surface area contributed by atoms with Crippen LogP contribution in [0.1, 0.15) is 25.3 Å². The third kappa shape index (κ3) is 3.20. The zero-order chi connectivity index (χ0) is 12.3. The van der Waals surface area contributed by atoms with Crippen molar-refractivity contribution < 1.29 is 14.6 Å². The van der Waals surface area contributed by atoms with Crippen molar-refractivity contribution in [3.8, 4) is 5.75 Å². The lowest BCUT2D eigenvalue weighted by molar-refractivity contribution is -0.131. The van der Waals surface area contributed by atoms with Crippen LogP contribution in [-0.4, -0.2) is 23.2 Å². The van der Waals surface area contributed by atoms with Gasteiger partial charge < -0.3 is 15.2 Å². The first kappa shape index (κ1) is 11.9. The van der Waals surface area contributed by atoms with Crippen molar-refractivity contribution in [3.05, 3.63) is 29.8 Å². The third-order valence-electron chi connectivity index (χ3n) is 2.93. The van der Waals surface area contributed by atoms with Gasteiger partial charge >= 0.3 is 0 Å². The lowest BCUT2D eigenvalue weighted by atomic mass is 10.2. The van der Waals surface area contributed by atoms with Gasteiger partial charge in [0.05, 0.1) is 6.10 Å². The van der Waals surface area contributed by atoms with E-state index in [1.807, 2.05) is 6.92 Å². The van der Waals surface area contributed by atoms with Crippen LogP contribution in [0.25, 0.3) is 0 Å². The first-order valence-corrected chi connectivity index (χ1v) is 5.86. The van der Waals surface area contributed by atoms with Crippen molar-refractivity contribution in [3.63, 3.8) is 0 Å². The van der Waals surface area contributed by atoms with Gasteiger partial charge in [-0.05, 0) is 37.5 Å². The molecule has 92 valence electrons. The van der Waals surface area contributed by atoms with E-state index >= 15 is 0 Å². The van der Waals surface area contributed by atoms with Crippen LogP contribution in [0.3, 0.4) is 0 Å². The van der Waals surface area contributed by atoms with Gasteiger partial charge in [0.2, 0.25) is 5.91 Å². The number of nitrogens with one attached hydrogen (secondary N) is 1. The molecule has 4 nitrogen and oxygen atoms in total. The van der Waals surface area contributed by atoms with Crippen LogP contribution >= 0.6 is 0 Å². The number of phenolic OH excluding ortho intramolecular Hbond substituents is 1. The number of hydrogen-bond acceptors (Lipinski definition) is 3. The summed E-state index contributed by atoms with van der Waals surface area (Å²) in [5.74, 6) is 0.176. The van der Waals surface area contributed by atoms with Gasteiger partial charge in [-0.25, -0.2) is 0 Å². The van der Waals surface area contributed by atoms with Gasteiger partial charge in [-0.15, -0.1) is 0 Å². The second-order valence-corrected chi connectivity index (χ2v) is 4.40. The van der Waals surface area contributed by atoms with Crippen molar-refractivity contribution in [2.45, 2.75) is 38.5 Å². The van der Waals surface area contributed by atoms with Gasteiger partial charge in [0.15, 0.2) is 0 Å². The first-order chi connectivity index (χ1) is 8.15. The van der Waals surface area contributed by atoms with Gasteiger partial charge in [0.1, 0.15) is 11.9 Å². The van der Waals surface area contributed by atoms with Crippen LogP contribution < -0.4 is 5.32 Å². The lowest BCUT2D eigenvalue weighted by Crippen LogP contribution is -2.34. The molecule has 1 aliphatic rings. The predicted molar refractivity (Wildman–Crippen MR) is 63.5 cm³/mol. The molecule has 0 spiro atoms. The molecular formula is C13H17NO3. The molecule has 4 heteroatoms. The third-order valence-corrected chi connectivity index (χ3v) is 2.93. The first-order valence-electron chi connectivity index (χ1n) is 5.86. The van der Waals surface area contributed by atoms with E-state index in [4.69, 9.17) is 9.84 Å². The summed E-state index contributed by atoms with van der Waals surface area (Å²) in [6, 6.07) is 6.78. The number of carbonyl (C=O) groups is 1. The fourth-order valence-electron chi connectivity index (χ4n) is 1.91. The molecule has 1 heterocycles. The number of aromatic hydroxyl groups is 1. The van der Waals surface area contributed by atoms with E-state index in [0.29, 0.717) is 6.54 Å². The van der Waals surface area contributed by atoms with Crippen LogP contribution in [0.5, 0.6) is 5.75 Å². The quantitative estimate of drug-likeness (QED) is 0.836. The van der Waals surface area contributed by atoms with Gasteiger partial charge in [0, 0.05) is 6.54 Å². The van der Waals surface area contributed by atoms with E-state index in [9.17, 15) is 4.79 Å². The Morgan fingerprint density at radius 3 is 2.71 bits per heavy atom. The second kappa shape index (κ2) is 5.19. The number of hydrogen-bond donors (Lipinski definition) is 2. The van der Waals surface area contributed by atoms with E-state index in [2.05, 4.69) is 5.32 Å². The van der Waals surface area contributed by atoms with Crippen molar-refractivity contribution in [1.82, 2.24) is 5.32 Å². The molecule has 2 unspecified atom stereocenters. The number of amides is 1. The summed E-state index contributed by atoms with van der Waals surface area (Å²) >= 11 is 0. The summed E-state index contributed by atoms with van der Waals surface area (Å²) in [4.78, 5) is 11.7. The Balaban J connectivity index is 1.82. The van der Waals surface area contributed by atoms with E-state index in [-0.39, 0.29) is 23.9 Å². The lowest BCUT2D eigenvalue weighted by Gasteiger charge is -2.11. The summed E-state index contributed by atoms with van der Waals surface area (Å²) < 4.78 is 5.48. The zero-order valence-corrected chi connectivity index (χ0v) is 9.85. The Kier molecular flexibility index (Phi) is 3.64. The number of ether oxygens (including phenoxy) is 1. The Hall–Kier alpha value is -1.55. The zero-order valence-electron chi connectivity index (χ0n) is 9.85. The van der Waals surface area contributed by atoms with Gasteiger partial charge in [0.25, 0.3) is 0 Å². The molecule has 0 radical (unpaired) electrons. The maximum absolute atomic E-state index is 11.7. The van der Waals surface area contributed by atoms with Crippen molar-refractivity contribution in [2.75, 3.05) is 0 Å². The molecule has 0 saturated carbocycles. The average molecular weight is 235 g/mol. The summed E-state index contributed by atoms with van der Waals surface area (Å²) in [5.41, 5.74) is 0.960. The van der Waals surface area contributed by atoms with E-state index < -0.39 is 0 Å². The molecular weight excluding hydrogens is 218 g/mol. The number of carbonyl (C=O) groups excluding carboxylic acids is 1. The molecule has 1 aromatic carbocycles. The van der Waals surface area contributed by atoms with Gasteiger partial charge in [-0.2, -0.15) is 0 Å². The highest BCUT2D eigenvalue weighted by Gasteiger charge is 2.27. The summed E-state index contributed by atoms with van der Waals surface area (Å²) in [6.45, 7) is 2.45. The normalized spacial score (nSPS) is 23.6. The highest BCUT2D eigenvalue weighted by Crippen LogP contribution is 2.19. The molecule has 2 rings (SSSR count). The fraction of sp³-hybridized carbons (Fsp3) is 0.462. The molecule has 1 aliphatic heterocycles.